The average molecular weight is 316 g/mol. The van der Waals surface area contributed by atoms with Gasteiger partial charge in [-0.3, -0.25) is 4.79 Å². The molecule has 122 valence electrons. The fourth-order valence-electron chi connectivity index (χ4n) is 2.76. The van der Waals surface area contributed by atoms with Crippen LogP contribution in [0.5, 0.6) is 5.75 Å². The zero-order chi connectivity index (χ0) is 16.4. The third kappa shape index (κ3) is 2.99. The Morgan fingerprint density at radius 1 is 1.43 bits per heavy atom. The average Bonchev–Trinajstić information content (AvgIpc) is 3.22. The Balaban J connectivity index is 1.85. The largest absolute Gasteiger partial charge is 0.497 e. The summed E-state index contributed by atoms with van der Waals surface area (Å²) in [5, 5.41) is 4.04. The number of carbonyl (C=O) groups excluding carboxylic acids is 1. The number of aromatic nitrogens is 2. The highest BCUT2D eigenvalue weighted by Crippen LogP contribution is 2.28. The van der Waals surface area contributed by atoms with E-state index < -0.39 is 0 Å². The smallest absolute Gasteiger partial charge is 0.325 e. The molecule has 0 radical (unpaired) electrons. The number of ether oxygens (including phenoxy) is 1. The second kappa shape index (κ2) is 6.28. The van der Waals surface area contributed by atoms with Crippen molar-refractivity contribution < 1.29 is 14.1 Å². The Morgan fingerprint density at radius 2 is 2.26 bits per heavy atom. The van der Waals surface area contributed by atoms with Crippen LogP contribution in [0.3, 0.4) is 0 Å². The molecule has 7 nitrogen and oxygen atoms in total. The van der Waals surface area contributed by atoms with Gasteiger partial charge in [-0.2, -0.15) is 4.98 Å². The molecule has 0 spiro atoms. The minimum atomic E-state index is -0.233. The Morgan fingerprint density at radius 3 is 3.00 bits per heavy atom. The van der Waals surface area contributed by atoms with E-state index in [1.54, 1.807) is 26.1 Å². The van der Waals surface area contributed by atoms with Crippen LogP contribution in [-0.2, 0) is 4.79 Å². The third-order valence-electron chi connectivity index (χ3n) is 3.97. The van der Waals surface area contributed by atoms with Gasteiger partial charge in [-0.25, -0.2) is 0 Å². The zero-order valence-corrected chi connectivity index (χ0v) is 13.5. The predicted molar refractivity (Wildman–Crippen MR) is 85.3 cm³/mol. The summed E-state index contributed by atoms with van der Waals surface area (Å²) in [6.45, 7) is 0.740. The highest BCUT2D eigenvalue weighted by molar-refractivity contribution is 5.84. The molecule has 1 saturated heterocycles. The van der Waals surface area contributed by atoms with Crippen molar-refractivity contribution in [3.05, 3.63) is 24.3 Å². The number of methoxy groups -OCH3 is 1. The number of benzene rings is 1. The molecule has 0 aliphatic carbocycles. The Labute approximate surface area is 134 Å². The summed E-state index contributed by atoms with van der Waals surface area (Å²) in [5.41, 5.74) is 0.814. The molecule has 0 N–H and O–H groups in total. The van der Waals surface area contributed by atoms with E-state index in [0.29, 0.717) is 11.8 Å². The van der Waals surface area contributed by atoms with Gasteiger partial charge in [0, 0.05) is 26.2 Å². The van der Waals surface area contributed by atoms with Gasteiger partial charge in [-0.15, -0.1) is 0 Å². The number of rotatable bonds is 4. The van der Waals surface area contributed by atoms with Gasteiger partial charge < -0.3 is 19.1 Å². The topological polar surface area (TPSA) is 71.7 Å². The van der Waals surface area contributed by atoms with Crippen molar-refractivity contribution in [3.8, 4) is 17.1 Å². The second-order valence-corrected chi connectivity index (χ2v) is 5.72. The fraction of sp³-hybridized carbons (Fsp3) is 0.438. The van der Waals surface area contributed by atoms with E-state index in [1.807, 2.05) is 29.2 Å². The first kappa shape index (κ1) is 15.3. The lowest BCUT2D eigenvalue weighted by molar-refractivity contribution is -0.129. The molecule has 3 rings (SSSR count). The molecule has 2 aromatic rings. The van der Waals surface area contributed by atoms with Crippen molar-refractivity contribution in [2.45, 2.75) is 18.9 Å². The number of hydrogen-bond donors (Lipinski definition) is 0. The first-order valence-corrected chi connectivity index (χ1v) is 7.56. The fourth-order valence-corrected chi connectivity index (χ4v) is 2.76. The molecule has 7 heteroatoms. The molecule has 1 amide bonds. The van der Waals surface area contributed by atoms with Gasteiger partial charge in [0.05, 0.1) is 7.11 Å². The van der Waals surface area contributed by atoms with Gasteiger partial charge in [0.15, 0.2) is 0 Å². The molecular formula is C16H20N4O3. The zero-order valence-electron chi connectivity index (χ0n) is 13.5. The van der Waals surface area contributed by atoms with Crippen LogP contribution in [0, 0.1) is 0 Å². The van der Waals surface area contributed by atoms with Crippen molar-refractivity contribution in [2.24, 2.45) is 0 Å². The van der Waals surface area contributed by atoms with Crippen LogP contribution in [0.4, 0.5) is 6.01 Å². The number of carbonyl (C=O) groups is 1. The first-order chi connectivity index (χ1) is 11.1. The van der Waals surface area contributed by atoms with E-state index in [-0.39, 0.29) is 11.9 Å². The summed E-state index contributed by atoms with van der Waals surface area (Å²) in [6.07, 6.45) is 1.73. The summed E-state index contributed by atoms with van der Waals surface area (Å²) in [7, 11) is 5.13. The van der Waals surface area contributed by atoms with Crippen LogP contribution < -0.4 is 9.64 Å². The monoisotopic (exact) mass is 316 g/mol. The van der Waals surface area contributed by atoms with E-state index >= 15 is 0 Å². The molecule has 0 bridgehead atoms. The molecule has 23 heavy (non-hydrogen) atoms. The van der Waals surface area contributed by atoms with Gasteiger partial charge in [-0.1, -0.05) is 17.3 Å². The SMILES string of the molecule is COc1cccc(-c2noc(N3CCC[C@H]3C(=O)N(C)C)n2)c1. The number of anilines is 1. The predicted octanol–water partition coefficient (Wildman–Crippen LogP) is 1.80. The second-order valence-electron chi connectivity index (χ2n) is 5.72. The summed E-state index contributed by atoms with van der Waals surface area (Å²) in [6, 6.07) is 7.63. The van der Waals surface area contributed by atoms with Crippen LogP contribution in [0.2, 0.25) is 0 Å². The molecule has 1 aromatic carbocycles. The molecule has 1 aliphatic heterocycles. The normalized spacial score (nSPS) is 17.3. The number of nitrogens with zero attached hydrogens (tertiary/aromatic N) is 4. The van der Waals surface area contributed by atoms with Gasteiger partial charge >= 0.3 is 6.01 Å². The molecular weight excluding hydrogens is 296 g/mol. The van der Waals surface area contributed by atoms with Crippen molar-refractivity contribution in [2.75, 3.05) is 32.6 Å². The van der Waals surface area contributed by atoms with Crippen molar-refractivity contribution in [1.82, 2.24) is 15.0 Å². The number of likely N-dealkylation sites (N-methyl/N-ethyl adjacent to an activating group) is 1. The number of hydrogen-bond acceptors (Lipinski definition) is 6. The van der Waals surface area contributed by atoms with Crippen LogP contribution in [0.1, 0.15) is 12.8 Å². The quantitative estimate of drug-likeness (QED) is 0.856. The maximum Gasteiger partial charge on any atom is 0.325 e. The van der Waals surface area contributed by atoms with Gasteiger partial charge in [-0.05, 0) is 25.0 Å². The molecule has 1 aromatic heterocycles. The minimum absolute atomic E-state index is 0.0589. The van der Waals surface area contributed by atoms with E-state index in [9.17, 15) is 4.79 Å². The maximum absolute atomic E-state index is 12.3. The lowest BCUT2D eigenvalue weighted by Crippen LogP contribution is -2.42. The summed E-state index contributed by atoms with van der Waals surface area (Å²) >= 11 is 0. The van der Waals surface area contributed by atoms with E-state index in [2.05, 4.69) is 10.1 Å². The van der Waals surface area contributed by atoms with Gasteiger partial charge in [0.25, 0.3) is 0 Å². The molecule has 1 aliphatic rings. The third-order valence-corrected chi connectivity index (χ3v) is 3.97. The highest BCUT2D eigenvalue weighted by atomic mass is 16.5. The summed E-state index contributed by atoms with van der Waals surface area (Å²) in [4.78, 5) is 20.2. The standard InChI is InChI=1S/C16H20N4O3/c1-19(2)15(21)13-8-5-9-20(13)16-17-14(18-23-16)11-6-4-7-12(10-11)22-3/h4,6-7,10,13H,5,8-9H2,1-3H3/t13-/m0/s1. The number of amides is 1. The lowest BCUT2D eigenvalue weighted by Gasteiger charge is -2.24. The van der Waals surface area contributed by atoms with Crippen molar-refractivity contribution >= 4 is 11.9 Å². The van der Waals surface area contributed by atoms with Crippen molar-refractivity contribution in [1.29, 1.82) is 0 Å². The van der Waals surface area contributed by atoms with Crippen LogP contribution in [-0.4, -0.2) is 54.7 Å². The van der Waals surface area contributed by atoms with Gasteiger partial charge in [0.1, 0.15) is 11.8 Å². The Bertz CT molecular complexity index is 698. The highest BCUT2D eigenvalue weighted by Gasteiger charge is 2.35. The Hall–Kier alpha value is -2.57. The van der Waals surface area contributed by atoms with Crippen LogP contribution >= 0.6 is 0 Å². The van der Waals surface area contributed by atoms with Gasteiger partial charge in [0.2, 0.25) is 11.7 Å². The first-order valence-electron chi connectivity index (χ1n) is 7.56. The minimum Gasteiger partial charge on any atom is -0.497 e. The summed E-state index contributed by atoms with van der Waals surface area (Å²) < 4.78 is 10.6. The molecule has 2 heterocycles. The Kier molecular flexibility index (Phi) is 4.18. The lowest BCUT2D eigenvalue weighted by atomic mass is 10.2. The molecule has 0 saturated carbocycles. The van der Waals surface area contributed by atoms with E-state index in [4.69, 9.17) is 9.26 Å². The molecule has 1 atom stereocenters. The summed E-state index contributed by atoms with van der Waals surface area (Å²) in [5.74, 6) is 1.28. The van der Waals surface area contributed by atoms with Crippen LogP contribution in [0.25, 0.3) is 11.4 Å². The van der Waals surface area contributed by atoms with Crippen LogP contribution in [0.15, 0.2) is 28.8 Å². The van der Waals surface area contributed by atoms with E-state index in [0.717, 1.165) is 30.7 Å². The van der Waals surface area contributed by atoms with Crippen molar-refractivity contribution in [3.63, 3.8) is 0 Å². The van der Waals surface area contributed by atoms with E-state index in [1.165, 1.54) is 0 Å². The molecule has 1 fully saturated rings. The maximum atomic E-state index is 12.3. The molecule has 0 unspecified atom stereocenters.